The fraction of sp³-hybridized carbons (Fsp3) is 1.00. The number of aliphatic hydroxyl groups is 1. The maximum atomic E-state index is 9.83. The molecule has 1 fully saturated rings. The Bertz CT molecular complexity index is 135. The molecule has 0 aromatic heterocycles. The highest BCUT2D eigenvalue weighted by Gasteiger charge is 2.22. The summed E-state index contributed by atoms with van der Waals surface area (Å²) < 4.78 is 5.53. The summed E-state index contributed by atoms with van der Waals surface area (Å²) in [7, 11) is 0. The van der Waals surface area contributed by atoms with Gasteiger partial charge in [0.2, 0.25) is 0 Å². The van der Waals surface area contributed by atoms with Crippen molar-refractivity contribution in [1.82, 2.24) is 0 Å². The molecule has 1 aliphatic rings. The first-order valence-electron chi connectivity index (χ1n) is 5.72. The van der Waals surface area contributed by atoms with Crippen molar-refractivity contribution in [3.63, 3.8) is 0 Å². The Morgan fingerprint density at radius 1 is 1.43 bits per heavy atom. The lowest BCUT2D eigenvalue weighted by atomic mass is 10.1. The molecule has 1 aliphatic heterocycles. The monoisotopic (exact) mass is 218 g/mol. The van der Waals surface area contributed by atoms with Crippen molar-refractivity contribution in [2.24, 2.45) is 0 Å². The summed E-state index contributed by atoms with van der Waals surface area (Å²) in [6, 6.07) is 0. The van der Waals surface area contributed by atoms with Crippen molar-refractivity contribution in [2.75, 3.05) is 18.1 Å². The van der Waals surface area contributed by atoms with E-state index in [2.05, 4.69) is 6.92 Å². The summed E-state index contributed by atoms with van der Waals surface area (Å²) in [5.41, 5.74) is 0. The van der Waals surface area contributed by atoms with Crippen LogP contribution in [0.2, 0.25) is 0 Å². The highest BCUT2D eigenvalue weighted by atomic mass is 32.2. The van der Waals surface area contributed by atoms with Gasteiger partial charge in [-0.1, -0.05) is 32.6 Å². The van der Waals surface area contributed by atoms with E-state index in [1.807, 2.05) is 11.8 Å². The van der Waals surface area contributed by atoms with E-state index in [1.54, 1.807) is 0 Å². The van der Waals surface area contributed by atoms with Crippen molar-refractivity contribution in [3.05, 3.63) is 0 Å². The van der Waals surface area contributed by atoms with Crippen LogP contribution in [0.15, 0.2) is 0 Å². The lowest BCUT2D eigenvalue weighted by Gasteiger charge is -2.26. The molecule has 0 spiro atoms. The van der Waals surface area contributed by atoms with E-state index in [9.17, 15) is 5.11 Å². The molecule has 0 amide bonds. The smallest absolute Gasteiger partial charge is 0.0924 e. The van der Waals surface area contributed by atoms with Gasteiger partial charge < -0.3 is 9.84 Å². The molecule has 0 radical (unpaired) electrons. The first-order chi connectivity index (χ1) is 6.84. The molecule has 1 N–H and O–H groups in total. The number of thioether (sulfide) groups is 1. The van der Waals surface area contributed by atoms with Gasteiger partial charge in [0, 0.05) is 11.5 Å². The lowest BCUT2D eigenvalue weighted by Crippen LogP contribution is -2.35. The zero-order valence-electron chi connectivity index (χ0n) is 9.08. The highest BCUT2D eigenvalue weighted by Crippen LogP contribution is 2.18. The molecule has 14 heavy (non-hydrogen) atoms. The maximum absolute atomic E-state index is 9.83. The summed E-state index contributed by atoms with van der Waals surface area (Å²) >= 11 is 1.89. The van der Waals surface area contributed by atoms with Gasteiger partial charge in [0.25, 0.3) is 0 Å². The Balaban J connectivity index is 2.04. The van der Waals surface area contributed by atoms with E-state index in [1.165, 1.54) is 19.3 Å². The van der Waals surface area contributed by atoms with E-state index in [0.29, 0.717) is 0 Å². The standard InChI is InChI=1S/C11H22O2S/c1-2-3-4-5-6-10(12)11-9-14-8-7-13-11/h10-12H,2-9H2,1H3. The summed E-state index contributed by atoms with van der Waals surface area (Å²) in [6.07, 6.45) is 5.69. The van der Waals surface area contributed by atoms with Gasteiger partial charge in [-0.3, -0.25) is 0 Å². The van der Waals surface area contributed by atoms with Gasteiger partial charge in [0.05, 0.1) is 18.8 Å². The van der Waals surface area contributed by atoms with Gasteiger partial charge in [-0.2, -0.15) is 11.8 Å². The number of unbranched alkanes of at least 4 members (excludes halogenated alkanes) is 3. The molecule has 2 atom stereocenters. The van der Waals surface area contributed by atoms with Crippen molar-refractivity contribution in [3.8, 4) is 0 Å². The fourth-order valence-electron chi connectivity index (χ4n) is 1.69. The molecule has 84 valence electrons. The van der Waals surface area contributed by atoms with Gasteiger partial charge >= 0.3 is 0 Å². The summed E-state index contributed by atoms with van der Waals surface area (Å²) in [4.78, 5) is 0. The summed E-state index contributed by atoms with van der Waals surface area (Å²) in [5.74, 6) is 2.05. The molecule has 2 unspecified atom stereocenters. The van der Waals surface area contributed by atoms with Crippen LogP contribution in [-0.2, 0) is 4.74 Å². The van der Waals surface area contributed by atoms with Crippen LogP contribution in [0.5, 0.6) is 0 Å². The SMILES string of the molecule is CCCCCCC(O)C1CSCCO1. The van der Waals surface area contributed by atoms with Crippen LogP contribution in [0.4, 0.5) is 0 Å². The van der Waals surface area contributed by atoms with Crippen LogP contribution in [0.3, 0.4) is 0 Å². The van der Waals surface area contributed by atoms with Crippen LogP contribution in [-0.4, -0.2) is 35.4 Å². The second-order valence-electron chi connectivity index (χ2n) is 3.90. The maximum Gasteiger partial charge on any atom is 0.0924 e. The zero-order chi connectivity index (χ0) is 10.2. The van der Waals surface area contributed by atoms with Crippen LogP contribution < -0.4 is 0 Å². The predicted molar refractivity (Wildman–Crippen MR) is 61.8 cm³/mol. The molecule has 0 aromatic carbocycles. The Hall–Kier alpha value is 0.270. The Labute approximate surface area is 91.4 Å². The van der Waals surface area contributed by atoms with E-state index in [-0.39, 0.29) is 12.2 Å². The van der Waals surface area contributed by atoms with Crippen LogP contribution in [0.25, 0.3) is 0 Å². The average molecular weight is 218 g/mol. The molecular formula is C11H22O2S. The molecule has 2 nitrogen and oxygen atoms in total. The number of ether oxygens (including phenoxy) is 1. The predicted octanol–water partition coefficient (Wildman–Crippen LogP) is 2.45. The fourth-order valence-corrected chi connectivity index (χ4v) is 2.63. The minimum atomic E-state index is -0.236. The lowest BCUT2D eigenvalue weighted by molar-refractivity contribution is -0.0255. The number of rotatable bonds is 6. The third-order valence-corrected chi connectivity index (χ3v) is 3.64. The minimum Gasteiger partial charge on any atom is -0.390 e. The number of hydrogen-bond acceptors (Lipinski definition) is 3. The quantitative estimate of drug-likeness (QED) is 0.694. The Kier molecular flexibility index (Phi) is 6.65. The molecule has 1 heterocycles. The first kappa shape index (κ1) is 12.3. The molecular weight excluding hydrogens is 196 g/mol. The van der Waals surface area contributed by atoms with Gasteiger partial charge in [-0.25, -0.2) is 0 Å². The molecule has 0 saturated carbocycles. The molecule has 0 aromatic rings. The molecule has 1 saturated heterocycles. The molecule has 1 rings (SSSR count). The number of hydrogen-bond donors (Lipinski definition) is 1. The Morgan fingerprint density at radius 3 is 2.93 bits per heavy atom. The molecule has 3 heteroatoms. The average Bonchev–Trinajstić information content (AvgIpc) is 2.25. The molecule has 0 bridgehead atoms. The summed E-state index contributed by atoms with van der Waals surface area (Å²) in [5, 5.41) is 9.83. The third kappa shape index (κ3) is 4.67. The zero-order valence-corrected chi connectivity index (χ0v) is 9.89. The van der Waals surface area contributed by atoms with Crippen LogP contribution in [0, 0.1) is 0 Å². The van der Waals surface area contributed by atoms with Gasteiger partial charge in [0.1, 0.15) is 0 Å². The second-order valence-corrected chi connectivity index (χ2v) is 5.05. The van der Waals surface area contributed by atoms with Crippen molar-refractivity contribution in [1.29, 1.82) is 0 Å². The normalized spacial score (nSPS) is 24.9. The van der Waals surface area contributed by atoms with E-state index >= 15 is 0 Å². The summed E-state index contributed by atoms with van der Waals surface area (Å²) in [6.45, 7) is 3.01. The molecule has 0 aliphatic carbocycles. The van der Waals surface area contributed by atoms with Crippen molar-refractivity contribution in [2.45, 2.75) is 51.2 Å². The number of aliphatic hydroxyl groups excluding tert-OH is 1. The van der Waals surface area contributed by atoms with E-state index in [4.69, 9.17) is 4.74 Å². The van der Waals surface area contributed by atoms with Crippen LogP contribution >= 0.6 is 11.8 Å². The van der Waals surface area contributed by atoms with E-state index in [0.717, 1.165) is 31.0 Å². The third-order valence-electron chi connectivity index (χ3n) is 2.62. The Morgan fingerprint density at radius 2 is 2.29 bits per heavy atom. The van der Waals surface area contributed by atoms with Crippen LogP contribution in [0.1, 0.15) is 39.0 Å². The van der Waals surface area contributed by atoms with Gasteiger partial charge in [-0.15, -0.1) is 0 Å². The second kappa shape index (κ2) is 7.55. The first-order valence-corrected chi connectivity index (χ1v) is 6.87. The minimum absolute atomic E-state index is 0.0929. The highest BCUT2D eigenvalue weighted by molar-refractivity contribution is 7.99. The van der Waals surface area contributed by atoms with Gasteiger partial charge in [-0.05, 0) is 6.42 Å². The largest absolute Gasteiger partial charge is 0.390 e. The van der Waals surface area contributed by atoms with E-state index < -0.39 is 0 Å². The van der Waals surface area contributed by atoms with Gasteiger partial charge in [0.15, 0.2) is 0 Å². The van der Waals surface area contributed by atoms with Crippen molar-refractivity contribution >= 4 is 11.8 Å². The van der Waals surface area contributed by atoms with Crippen molar-refractivity contribution < 1.29 is 9.84 Å². The topological polar surface area (TPSA) is 29.5 Å².